The molecule has 2 N–H and O–H groups in total. The molecule has 6 nitrogen and oxygen atoms in total. The second-order valence-corrected chi connectivity index (χ2v) is 7.37. The van der Waals surface area contributed by atoms with Crippen LogP contribution in [0.2, 0.25) is 0 Å². The normalized spacial score (nSPS) is 22.4. The summed E-state index contributed by atoms with van der Waals surface area (Å²) in [7, 11) is 1.66. The Hall–Kier alpha value is -2.57. The Bertz CT molecular complexity index is 835. The molecule has 0 unspecified atom stereocenters. The van der Waals surface area contributed by atoms with E-state index in [-0.39, 0.29) is 17.9 Å². The Kier molecular flexibility index (Phi) is 5.50. The molecular formula is C22H27N3O3. The van der Waals surface area contributed by atoms with Gasteiger partial charge in [0, 0.05) is 43.8 Å². The molecule has 0 aliphatic carbocycles. The Balaban J connectivity index is 1.55. The molecule has 2 aromatic carbocycles. The van der Waals surface area contributed by atoms with Crippen LogP contribution in [-0.2, 0) is 4.74 Å². The number of anilines is 1. The summed E-state index contributed by atoms with van der Waals surface area (Å²) in [5, 5.41) is 0. The molecule has 2 aliphatic rings. The van der Waals surface area contributed by atoms with E-state index in [0.717, 1.165) is 35.7 Å². The molecule has 2 aromatic rings. The van der Waals surface area contributed by atoms with E-state index in [1.54, 1.807) is 7.11 Å². The van der Waals surface area contributed by atoms with E-state index in [1.165, 1.54) is 0 Å². The molecule has 0 saturated carbocycles. The van der Waals surface area contributed by atoms with Gasteiger partial charge in [0.2, 0.25) is 0 Å². The molecule has 0 bridgehead atoms. The molecule has 28 heavy (non-hydrogen) atoms. The first-order chi connectivity index (χ1) is 13.7. The van der Waals surface area contributed by atoms with Gasteiger partial charge in [0.05, 0.1) is 25.9 Å². The summed E-state index contributed by atoms with van der Waals surface area (Å²) in [6.45, 7) is 4.15. The minimum absolute atomic E-state index is 0.0444. The number of carbonyl (C=O) groups is 1. The number of likely N-dealkylation sites (tertiary alicyclic amines) is 1. The lowest BCUT2D eigenvalue weighted by Gasteiger charge is -2.31. The fourth-order valence-corrected chi connectivity index (χ4v) is 4.12. The van der Waals surface area contributed by atoms with Gasteiger partial charge in [0.25, 0.3) is 5.91 Å². The van der Waals surface area contributed by atoms with Crippen LogP contribution in [0.4, 0.5) is 5.69 Å². The highest BCUT2D eigenvalue weighted by Gasteiger charge is 2.35. The highest BCUT2D eigenvalue weighted by atomic mass is 16.5. The maximum atomic E-state index is 13.3. The van der Waals surface area contributed by atoms with Crippen molar-refractivity contribution in [3.63, 3.8) is 0 Å². The molecule has 4 rings (SSSR count). The van der Waals surface area contributed by atoms with Gasteiger partial charge in [-0.2, -0.15) is 0 Å². The zero-order chi connectivity index (χ0) is 19.5. The number of nitrogens with two attached hydrogens (primary N) is 1. The number of ether oxygens (including phenoxy) is 2. The van der Waals surface area contributed by atoms with Crippen LogP contribution >= 0.6 is 0 Å². The first-order valence-electron chi connectivity index (χ1n) is 9.78. The van der Waals surface area contributed by atoms with Crippen molar-refractivity contribution in [2.24, 2.45) is 5.73 Å². The fraction of sp³-hybridized carbons (Fsp3) is 0.409. The molecule has 0 aromatic heterocycles. The van der Waals surface area contributed by atoms with Gasteiger partial charge in [0.1, 0.15) is 5.75 Å². The number of nitrogens with zero attached hydrogens (tertiary/aromatic N) is 2. The van der Waals surface area contributed by atoms with Crippen LogP contribution < -0.4 is 15.4 Å². The molecule has 2 atom stereocenters. The Morgan fingerprint density at radius 3 is 2.68 bits per heavy atom. The largest absolute Gasteiger partial charge is 0.497 e. The van der Waals surface area contributed by atoms with E-state index in [2.05, 4.69) is 11.0 Å². The minimum Gasteiger partial charge on any atom is -0.497 e. The van der Waals surface area contributed by atoms with Gasteiger partial charge in [-0.25, -0.2) is 0 Å². The summed E-state index contributed by atoms with van der Waals surface area (Å²) in [5.41, 5.74) is 9.26. The van der Waals surface area contributed by atoms with Crippen LogP contribution in [0.1, 0.15) is 21.8 Å². The van der Waals surface area contributed by atoms with Crippen molar-refractivity contribution in [2.75, 3.05) is 51.4 Å². The van der Waals surface area contributed by atoms with Crippen LogP contribution in [0.5, 0.6) is 5.75 Å². The van der Waals surface area contributed by atoms with Crippen molar-refractivity contribution in [3.05, 3.63) is 59.7 Å². The lowest BCUT2D eigenvalue weighted by molar-refractivity contribution is 0.0788. The first-order valence-corrected chi connectivity index (χ1v) is 9.78. The number of methoxy groups -OCH3 is 1. The highest BCUT2D eigenvalue weighted by Crippen LogP contribution is 2.31. The fourth-order valence-electron chi connectivity index (χ4n) is 4.12. The summed E-state index contributed by atoms with van der Waals surface area (Å²) in [6.07, 6.45) is 0. The molecule has 0 spiro atoms. The zero-order valence-electron chi connectivity index (χ0n) is 16.2. The number of benzene rings is 2. The molecule has 2 aliphatic heterocycles. The quantitative estimate of drug-likeness (QED) is 0.878. The van der Waals surface area contributed by atoms with E-state index in [1.807, 2.05) is 47.4 Å². The van der Waals surface area contributed by atoms with Gasteiger partial charge in [0.15, 0.2) is 0 Å². The van der Waals surface area contributed by atoms with Crippen LogP contribution in [0.15, 0.2) is 48.5 Å². The molecular weight excluding hydrogens is 354 g/mol. The highest BCUT2D eigenvalue weighted by molar-refractivity contribution is 6.00. The van der Waals surface area contributed by atoms with Gasteiger partial charge in [-0.15, -0.1) is 0 Å². The lowest BCUT2D eigenvalue weighted by Crippen LogP contribution is -2.38. The molecule has 2 fully saturated rings. The predicted octanol–water partition coefficient (Wildman–Crippen LogP) is 2.10. The third-order valence-electron chi connectivity index (χ3n) is 5.66. The van der Waals surface area contributed by atoms with Crippen molar-refractivity contribution in [2.45, 2.75) is 12.0 Å². The van der Waals surface area contributed by atoms with Crippen LogP contribution in [0.3, 0.4) is 0 Å². The number of carbonyl (C=O) groups excluding carboxylic acids is 1. The Labute approximate surface area is 165 Å². The SMILES string of the molecule is COc1cccc([C@H]2CN(C(=O)c3ccccc3N3CCOCC3)C[C@@H]2N)c1. The maximum absolute atomic E-state index is 13.3. The monoisotopic (exact) mass is 381 g/mol. The average Bonchev–Trinajstić information content (AvgIpc) is 3.15. The number of hydrogen-bond acceptors (Lipinski definition) is 5. The number of amides is 1. The Morgan fingerprint density at radius 1 is 1.11 bits per heavy atom. The van der Waals surface area contributed by atoms with Crippen molar-refractivity contribution in [3.8, 4) is 5.75 Å². The van der Waals surface area contributed by atoms with Crippen molar-refractivity contribution < 1.29 is 14.3 Å². The molecule has 6 heteroatoms. The minimum atomic E-state index is -0.0911. The van der Waals surface area contributed by atoms with E-state index in [9.17, 15) is 4.79 Å². The topological polar surface area (TPSA) is 68.0 Å². The number of rotatable bonds is 4. The molecule has 1 amide bonds. The molecule has 2 heterocycles. The molecule has 148 valence electrons. The van der Waals surface area contributed by atoms with Gasteiger partial charge in [-0.3, -0.25) is 4.79 Å². The Morgan fingerprint density at radius 2 is 1.89 bits per heavy atom. The average molecular weight is 381 g/mol. The molecule has 2 saturated heterocycles. The smallest absolute Gasteiger partial charge is 0.256 e. The number of morpholine rings is 1. The zero-order valence-corrected chi connectivity index (χ0v) is 16.2. The van der Waals surface area contributed by atoms with Crippen LogP contribution in [0, 0.1) is 0 Å². The van der Waals surface area contributed by atoms with Crippen molar-refractivity contribution in [1.29, 1.82) is 0 Å². The van der Waals surface area contributed by atoms with Crippen LogP contribution in [-0.4, -0.2) is 63.4 Å². The van der Waals surface area contributed by atoms with Gasteiger partial charge in [-0.05, 0) is 29.8 Å². The second-order valence-electron chi connectivity index (χ2n) is 7.37. The lowest BCUT2D eigenvalue weighted by atomic mass is 9.95. The van der Waals surface area contributed by atoms with E-state index in [0.29, 0.717) is 26.3 Å². The standard InChI is InChI=1S/C22H27N3O3/c1-27-17-6-4-5-16(13-17)19-14-25(15-20(19)23)22(26)18-7-2-3-8-21(18)24-9-11-28-12-10-24/h2-8,13,19-20H,9-12,14-15,23H2,1H3/t19-,20+/m1/s1. The van der Waals surface area contributed by atoms with Gasteiger partial charge in [-0.1, -0.05) is 24.3 Å². The summed E-state index contributed by atoms with van der Waals surface area (Å²) in [5.74, 6) is 0.963. The number of hydrogen-bond donors (Lipinski definition) is 1. The summed E-state index contributed by atoms with van der Waals surface area (Å²) in [4.78, 5) is 17.5. The van der Waals surface area contributed by atoms with Gasteiger partial charge < -0.3 is 25.0 Å². The summed E-state index contributed by atoms with van der Waals surface area (Å²) in [6, 6.07) is 15.7. The third kappa shape index (κ3) is 3.70. The predicted molar refractivity (Wildman–Crippen MR) is 109 cm³/mol. The van der Waals surface area contributed by atoms with Crippen molar-refractivity contribution >= 4 is 11.6 Å². The van der Waals surface area contributed by atoms with E-state index >= 15 is 0 Å². The van der Waals surface area contributed by atoms with Gasteiger partial charge >= 0.3 is 0 Å². The first kappa shape index (κ1) is 18.8. The third-order valence-corrected chi connectivity index (χ3v) is 5.66. The maximum Gasteiger partial charge on any atom is 0.256 e. The number of para-hydroxylation sites is 1. The van der Waals surface area contributed by atoms with Crippen LogP contribution in [0.25, 0.3) is 0 Å². The van der Waals surface area contributed by atoms with Crippen molar-refractivity contribution in [1.82, 2.24) is 4.90 Å². The summed E-state index contributed by atoms with van der Waals surface area (Å²) < 4.78 is 10.8. The summed E-state index contributed by atoms with van der Waals surface area (Å²) >= 11 is 0. The van der Waals surface area contributed by atoms with E-state index < -0.39 is 0 Å². The molecule has 0 radical (unpaired) electrons. The van der Waals surface area contributed by atoms with E-state index in [4.69, 9.17) is 15.2 Å². The second kappa shape index (κ2) is 8.20.